The lowest BCUT2D eigenvalue weighted by Crippen LogP contribution is -2.19. The van der Waals surface area contributed by atoms with Crippen molar-refractivity contribution >= 4 is 11.6 Å². The minimum absolute atomic E-state index is 0.0376. The van der Waals surface area contributed by atoms with Crippen LogP contribution in [0.5, 0.6) is 11.5 Å². The maximum Gasteiger partial charge on any atom is 0.573 e. The molecule has 0 aromatic heterocycles. The van der Waals surface area contributed by atoms with Crippen LogP contribution < -0.4 is 14.8 Å². The highest BCUT2D eigenvalue weighted by Crippen LogP contribution is 2.30. The average Bonchev–Trinajstić information content (AvgIpc) is 2.62. The summed E-state index contributed by atoms with van der Waals surface area (Å²) in [6.07, 6.45) is -3.64. The van der Waals surface area contributed by atoms with Gasteiger partial charge >= 0.3 is 6.36 Å². The molecule has 1 N–H and O–H groups in total. The highest BCUT2D eigenvalue weighted by Gasteiger charge is 2.32. The fourth-order valence-corrected chi connectivity index (χ4v) is 2.23. The topological polar surface area (TPSA) is 71.3 Å². The number of alkyl halides is 3. The van der Waals surface area contributed by atoms with Crippen molar-refractivity contribution in [1.82, 2.24) is 0 Å². The number of hydrogen-bond donors (Lipinski definition) is 1. The SMILES string of the molecule is N#Cc1cccc(OCCCCC(=O)Nc2ccccc2OC(F)(F)F)c1. The van der Waals surface area contributed by atoms with E-state index >= 15 is 0 Å². The zero-order chi connectivity index (χ0) is 19.7. The zero-order valence-corrected chi connectivity index (χ0v) is 14.3. The van der Waals surface area contributed by atoms with Gasteiger partial charge in [0.15, 0.2) is 5.75 Å². The summed E-state index contributed by atoms with van der Waals surface area (Å²) < 4.78 is 46.5. The molecular formula is C19H17F3N2O3. The zero-order valence-electron chi connectivity index (χ0n) is 14.3. The molecule has 0 aliphatic carbocycles. The van der Waals surface area contributed by atoms with Crippen LogP contribution >= 0.6 is 0 Å². The number of anilines is 1. The van der Waals surface area contributed by atoms with Crippen molar-refractivity contribution in [1.29, 1.82) is 5.26 Å². The highest BCUT2D eigenvalue weighted by molar-refractivity contribution is 5.92. The second kappa shape index (κ2) is 9.48. The third kappa shape index (κ3) is 7.28. The van der Waals surface area contributed by atoms with E-state index in [1.807, 2.05) is 6.07 Å². The molecule has 0 saturated heterocycles. The Labute approximate surface area is 154 Å². The molecule has 2 aromatic rings. The van der Waals surface area contributed by atoms with E-state index in [2.05, 4.69) is 10.1 Å². The Hall–Kier alpha value is -3.21. The molecule has 0 aliphatic rings. The van der Waals surface area contributed by atoms with Gasteiger partial charge in [-0.25, -0.2) is 0 Å². The lowest BCUT2D eigenvalue weighted by Gasteiger charge is -2.13. The molecule has 0 unspecified atom stereocenters. The van der Waals surface area contributed by atoms with Crippen molar-refractivity contribution in [2.75, 3.05) is 11.9 Å². The number of rotatable bonds is 8. The number of amides is 1. The lowest BCUT2D eigenvalue weighted by molar-refractivity contribution is -0.274. The van der Waals surface area contributed by atoms with Gasteiger partial charge in [-0.3, -0.25) is 4.79 Å². The predicted molar refractivity (Wildman–Crippen MR) is 92.3 cm³/mol. The number of unbranched alkanes of at least 4 members (excludes halogenated alkanes) is 1. The molecule has 27 heavy (non-hydrogen) atoms. The van der Waals surface area contributed by atoms with Crippen LogP contribution in [0, 0.1) is 11.3 Å². The second-order valence-electron chi connectivity index (χ2n) is 5.54. The number of halogens is 3. The van der Waals surface area contributed by atoms with Crippen molar-refractivity contribution in [3.63, 3.8) is 0 Å². The maximum atomic E-state index is 12.4. The first-order valence-corrected chi connectivity index (χ1v) is 8.15. The molecule has 0 aliphatic heterocycles. The van der Waals surface area contributed by atoms with E-state index in [0.717, 1.165) is 6.07 Å². The quantitative estimate of drug-likeness (QED) is 0.679. The molecule has 0 bridgehead atoms. The van der Waals surface area contributed by atoms with Gasteiger partial charge in [0.2, 0.25) is 5.91 Å². The molecule has 2 aromatic carbocycles. The van der Waals surface area contributed by atoms with Crippen LogP contribution in [-0.2, 0) is 4.79 Å². The van der Waals surface area contributed by atoms with Gasteiger partial charge < -0.3 is 14.8 Å². The van der Waals surface area contributed by atoms with Gasteiger partial charge in [0.1, 0.15) is 5.75 Å². The van der Waals surface area contributed by atoms with Gasteiger partial charge in [-0.05, 0) is 43.2 Å². The lowest BCUT2D eigenvalue weighted by atomic mass is 10.2. The maximum absolute atomic E-state index is 12.4. The molecule has 2 rings (SSSR count). The third-order valence-electron chi connectivity index (χ3n) is 3.42. The third-order valence-corrected chi connectivity index (χ3v) is 3.42. The van der Waals surface area contributed by atoms with Crippen LogP contribution in [0.2, 0.25) is 0 Å². The summed E-state index contributed by atoms with van der Waals surface area (Å²) in [5.74, 6) is -0.310. The Kier molecular flexibility index (Phi) is 7.06. The first-order valence-electron chi connectivity index (χ1n) is 8.15. The van der Waals surface area contributed by atoms with Gasteiger partial charge in [0, 0.05) is 6.42 Å². The van der Waals surface area contributed by atoms with E-state index in [1.165, 1.54) is 18.2 Å². The molecule has 0 atom stereocenters. The van der Waals surface area contributed by atoms with Crippen molar-refractivity contribution in [3.8, 4) is 17.6 Å². The number of nitrogens with zero attached hydrogens (tertiary/aromatic N) is 1. The van der Waals surface area contributed by atoms with E-state index < -0.39 is 18.0 Å². The van der Waals surface area contributed by atoms with Crippen molar-refractivity contribution in [3.05, 3.63) is 54.1 Å². The Balaban J connectivity index is 1.74. The van der Waals surface area contributed by atoms with Crippen LogP contribution in [0.3, 0.4) is 0 Å². The van der Waals surface area contributed by atoms with Gasteiger partial charge in [0.25, 0.3) is 0 Å². The van der Waals surface area contributed by atoms with Crippen LogP contribution in [0.1, 0.15) is 24.8 Å². The van der Waals surface area contributed by atoms with E-state index in [-0.39, 0.29) is 12.1 Å². The number of para-hydroxylation sites is 2. The molecule has 8 heteroatoms. The number of benzene rings is 2. The summed E-state index contributed by atoms with van der Waals surface area (Å²) in [6.45, 7) is 0.357. The molecular weight excluding hydrogens is 361 g/mol. The number of carbonyl (C=O) groups is 1. The van der Waals surface area contributed by atoms with Crippen molar-refractivity contribution < 1.29 is 27.4 Å². The van der Waals surface area contributed by atoms with Crippen LogP contribution in [0.15, 0.2) is 48.5 Å². The van der Waals surface area contributed by atoms with E-state index in [0.29, 0.717) is 30.8 Å². The van der Waals surface area contributed by atoms with Crippen LogP contribution in [0.4, 0.5) is 18.9 Å². The minimum atomic E-state index is -4.83. The summed E-state index contributed by atoms with van der Waals surface area (Å²) in [7, 11) is 0. The van der Waals surface area contributed by atoms with Gasteiger partial charge in [0.05, 0.1) is 23.9 Å². The second-order valence-corrected chi connectivity index (χ2v) is 5.54. The van der Waals surface area contributed by atoms with Gasteiger partial charge in [-0.15, -0.1) is 13.2 Å². The molecule has 0 fully saturated rings. The van der Waals surface area contributed by atoms with E-state index in [9.17, 15) is 18.0 Å². The smallest absolute Gasteiger partial charge is 0.494 e. The largest absolute Gasteiger partial charge is 0.573 e. The average molecular weight is 378 g/mol. The summed E-state index contributed by atoms with van der Waals surface area (Å²) in [4.78, 5) is 11.9. The Morgan fingerprint density at radius 1 is 1.11 bits per heavy atom. The summed E-state index contributed by atoms with van der Waals surface area (Å²) >= 11 is 0. The molecule has 0 saturated carbocycles. The minimum Gasteiger partial charge on any atom is -0.494 e. The fraction of sp³-hybridized carbons (Fsp3) is 0.263. The molecule has 1 amide bonds. The predicted octanol–water partition coefficient (Wildman–Crippen LogP) is 4.64. The first-order chi connectivity index (χ1) is 12.9. The van der Waals surface area contributed by atoms with E-state index in [1.54, 1.807) is 24.3 Å². The van der Waals surface area contributed by atoms with Crippen molar-refractivity contribution in [2.45, 2.75) is 25.6 Å². The van der Waals surface area contributed by atoms with Crippen LogP contribution in [0.25, 0.3) is 0 Å². The molecule has 0 spiro atoms. The van der Waals surface area contributed by atoms with Crippen molar-refractivity contribution in [2.24, 2.45) is 0 Å². The highest BCUT2D eigenvalue weighted by atomic mass is 19.4. The number of hydrogen-bond acceptors (Lipinski definition) is 4. The van der Waals surface area contributed by atoms with Gasteiger partial charge in [-0.2, -0.15) is 5.26 Å². The Morgan fingerprint density at radius 3 is 2.63 bits per heavy atom. The normalized spacial score (nSPS) is 10.7. The van der Waals surface area contributed by atoms with Gasteiger partial charge in [-0.1, -0.05) is 18.2 Å². The molecule has 142 valence electrons. The molecule has 0 heterocycles. The fourth-order valence-electron chi connectivity index (χ4n) is 2.23. The monoisotopic (exact) mass is 378 g/mol. The van der Waals surface area contributed by atoms with E-state index in [4.69, 9.17) is 10.00 Å². The first kappa shape index (κ1) is 20.1. The molecule has 0 radical (unpaired) electrons. The number of ether oxygens (including phenoxy) is 2. The summed E-state index contributed by atoms with van der Waals surface area (Å²) in [5.41, 5.74) is 0.455. The Bertz CT molecular complexity index is 816. The molecule has 5 nitrogen and oxygen atoms in total. The van der Waals surface area contributed by atoms with Crippen LogP contribution in [-0.4, -0.2) is 18.9 Å². The summed E-state index contributed by atoms with van der Waals surface area (Å²) in [5, 5.41) is 11.2. The summed E-state index contributed by atoms with van der Waals surface area (Å²) in [6, 6.07) is 14.1. The number of nitriles is 1. The number of nitrogens with one attached hydrogen (secondary N) is 1. The Morgan fingerprint density at radius 2 is 1.89 bits per heavy atom. The number of carbonyl (C=O) groups excluding carboxylic acids is 1. The standard InChI is InChI=1S/C19H17F3N2O3/c20-19(21,22)27-17-9-2-1-8-16(17)24-18(25)10-3-4-11-26-15-7-5-6-14(12-15)13-23/h1-2,5-9,12H,3-4,10-11H2,(H,24,25).